The molecule has 1 atom stereocenters. The summed E-state index contributed by atoms with van der Waals surface area (Å²) in [5, 5.41) is 9.19. The highest BCUT2D eigenvalue weighted by molar-refractivity contribution is 7.10. The van der Waals surface area contributed by atoms with Gasteiger partial charge in [0.15, 0.2) is 0 Å². The van der Waals surface area contributed by atoms with Crippen molar-refractivity contribution in [3.8, 4) is 0 Å². The van der Waals surface area contributed by atoms with Gasteiger partial charge in [0.25, 0.3) is 5.91 Å². The Bertz CT molecular complexity index is 633. The number of carbonyl (C=O) groups is 1. The van der Waals surface area contributed by atoms with Crippen molar-refractivity contribution in [2.45, 2.75) is 25.9 Å². The first kappa shape index (κ1) is 14.3. The summed E-state index contributed by atoms with van der Waals surface area (Å²) >= 11 is 1.85. The number of hydrogen-bond donors (Lipinski definition) is 1. The Labute approximate surface area is 128 Å². The predicted octanol–water partition coefficient (Wildman–Crippen LogP) is 1.66. The van der Waals surface area contributed by atoms with Crippen LogP contribution < -0.4 is 5.32 Å². The first-order valence-electron chi connectivity index (χ1n) is 7.19. The lowest BCUT2D eigenvalue weighted by Gasteiger charge is -2.32. The molecule has 0 aliphatic carbocycles. The molecule has 1 unspecified atom stereocenters. The van der Waals surface area contributed by atoms with E-state index in [0.29, 0.717) is 18.2 Å². The average molecular weight is 304 g/mol. The van der Waals surface area contributed by atoms with E-state index in [4.69, 9.17) is 0 Å². The third-order valence-electron chi connectivity index (χ3n) is 3.99. The van der Waals surface area contributed by atoms with E-state index < -0.39 is 0 Å². The van der Waals surface area contributed by atoms with Crippen molar-refractivity contribution in [3.63, 3.8) is 0 Å². The summed E-state index contributed by atoms with van der Waals surface area (Å²) < 4.78 is 1.64. The molecule has 1 N–H and O–H groups in total. The molecule has 6 heteroatoms. The molecule has 3 heterocycles. The maximum Gasteiger partial charge on any atom is 0.254 e. The van der Waals surface area contributed by atoms with Crippen molar-refractivity contribution in [2.75, 3.05) is 13.1 Å². The Hall–Kier alpha value is -1.66. The van der Waals surface area contributed by atoms with Crippen LogP contribution in [0.2, 0.25) is 0 Å². The van der Waals surface area contributed by atoms with E-state index >= 15 is 0 Å². The lowest BCUT2D eigenvalue weighted by Crippen LogP contribution is -2.44. The Morgan fingerprint density at radius 3 is 3.19 bits per heavy atom. The number of amides is 1. The molecule has 1 aliphatic heterocycles. The van der Waals surface area contributed by atoms with Crippen LogP contribution >= 0.6 is 11.3 Å². The first-order chi connectivity index (χ1) is 10.1. The smallest absolute Gasteiger partial charge is 0.254 e. The Morgan fingerprint density at radius 2 is 2.43 bits per heavy atom. The van der Waals surface area contributed by atoms with Gasteiger partial charge in [-0.3, -0.25) is 14.4 Å². The lowest BCUT2D eigenvalue weighted by molar-refractivity contribution is 0.0932. The monoisotopic (exact) mass is 304 g/mol. The zero-order valence-corrected chi connectivity index (χ0v) is 13.2. The van der Waals surface area contributed by atoms with Gasteiger partial charge in [0.1, 0.15) is 0 Å². The second-order valence-corrected chi connectivity index (χ2v) is 6.55. The summed E-state index contributed by atoms with van der Waals surface area (Å²) in [4.78, 5) is 16.0. The fourth-order valence-corrected chi connectivity index (χ4v) is 3.55. The second-order valence-electron chi connectivity index (χ2n) is 5.55. The van der Waals surface area contributed by atoms with Crippen LogP contribution in [0.15, 0.2) is 23.8 Å². The van der Waals surface area contributed by atoms with E-state index in [1.54, 1.807) is 17.1 Å². The summed E-state index contributed by atoms with van der Waals surface area (Å²) in [5.74, 6) is -0.0526. The standard InChI is InChI=1S/C15H20N4OS/c1-11(7-16-15(20)13-8-17-18(2)9-13)19-5-3-14-12(10-19)4-6-21-14/h4,6,8-9,11H,3,5,7,10H2,1-2H3,(H,16,20). The van der Waals surface area contributed by atoms with Crippen LogP contribution in [0.4, 0.5) is 0 Å². The molecule has 0 saturated heterocycles. The summed E-state index contributed by atoms with van der Waals surface area (Å²) in [6.45, 7) is 4.88. The molecule has 0 saturated carbocycles. The number of fused-ring (bicyclic) bond motifs is 1. The normalized spacial score (nSPS) is 16.5. The van der Waals surface area contributed by atoms with Gasteiger partial charge in [0.2, 0.25) is 0 Å². The number of nitrogens with zero attached hydrogens (tertiary/aromatic N) is 3. The molecule has 3 rings (SSSR count). The summed E-state index contributed by atoms with van der Waals surface area (Å²) in [7, 11) is 1.81. The first-order valence-corrected chi connectivity index (χ1v) is 8.07. The fraction of sp³-hybridized carbons (Fsp3) is 0.467. The Balaban J connectivity index is 1.53. The number of aromatic nitrogens is 2. The molecule has 0 aromatic carbocycles. The minimum Gasteiger partial charge on any atom is -0.350 e. The van der Waals surface area contributed by atoms with E-state index in [1.165, 1.54) is 10.4 Å². The number of thiophene rings is 1. The van der Waals surface area contributed by atoms with E-state index in [0.717, 1.165) is 19.5 Å². The lowest BCUT2D eigenvalue weighted by atomic mass is 10.1. The van der Waals surface area contributed by atoms with Gasteiger partial charge in [0.05, 0.1) is 11.8 Å². The van der Waals surface area contributed by atoms with Gasteiger partial charge in [0, 0.05) is 43.8 Å². The minimum atomic E-state index is -0.0526. The van der Waals surface area contributed by atoms with Gasteiger partial charge in [-0.15, -0.1) is 11.3 Å². The molecule has 2 aromatic rings. The number of nitrogens with one attached hydrogen (secondary N) is 1. The highest BCUT2D eigenvalue weighted by atomic mass is 32.1. The van der Waals surface area contributed by atoms with Gasteiger partial charge in [-0.05, 0) is 30.4 Å². The van der Waals surface area contributed by atoms with E-state index in [-0.39, 0.29) is 5.91 Å². The van der Waals surface area contributed by atoms with Crippen LogP contribution in [0.1, 0.15) is 27.7 Å². The zero-order valence-electron chi connectivity index (χ0n) is 12.4. The molecule has 0 radical (unpaired) electrons. The van der Waals surface area contributed by atoms with Gasteiger partial charge in [-0.1, -0.05) is 0 Å². The van der Waals surface area contributed by atoms with Crippen LogP contribution in [0, 0.1) is 0 Å². The van der Waals surface area contributed by atoms with Gasteiger partial charge in [-0.25, -0.2) is 0 Å². The fourth-order valence-electron chi connectivity index (χ4n) is 2.66. The number of aryl methyl sites for hydroxylation is 1. The molecular formula is C15H20N4OS. The highest BCUT2D eigenvalue weighted by Gasteiger charge is 2.21. The number of carbonyl (C=O) groups excluding carboxylic acids is 1. The zero-order chi connectivity index (χ0) is 14.8. The molecule has 0 bridgehead atoms. The summed E-state index contributed by atoms with van der Waals surface area (Å²) in [5.41, 5.74) is 2.06. The third-order valence-corrected chi connectivity index (χ3v) is 5.01. The number of rotatable bonds is 4. The average Bonchev–Trinajstić information content (AvgIpc) is 3.12. The van der Waals surface area contributed by atoms with E-state index in [1.807, 2.05) is 18.4 Å². The SMILES string of the molecule is CC(CNC(=O)c1cnn(C)c1)N1CCc2sccc2C1. The van der Waals surface area contributed by atoms with E-state index in [9.17, 15) is 4.79 Å². The number of hydrogen-bond acceptors (Lipinski definition) is 4. The second kappa shape index (κ2) is 5.99. The van der Waals surface area contributed by atoms with Crippen LogP contribution in [0.3, 0.4) is 0 Å². The third kappa shape index (κ3) is 3.16. The van der Waals surface area contributed by atoms with Crippen LogP contribution in [-0.4, -0.2) is 39.7 Å². The van der Waals surface area contributed by atoms with Crippen molar-refractivity contribution in [1.82, 2.24) is 20.0 Å². The van der Waals surface area contributed by atoms with Crippen molar-refractivity contribution < 1.29 is 4.79 Å². The molecule has 1 aliphatic rings. The molecule has 5 nitrogen and oxygen atoms in total. The maximum atomic E-state index is 12.0. The van der Waals surface area contributed by atoms with Crippen molar-refractivity contribution in [3.05, 3.63) is 39.8 Å². The topological polar surface area (TPSA) is 50.2 Å². The maximum absolute atomic E-state index is 12.0. The molecule has 21 heavy (non-hydrogen) atoms. The van der Waals surface area contributed by atoms with Crippen molar-refractivity contribution in [2.24, 2.45) is 7.05 Å². The minimum absolute atomic E-state index is 0.0526. The Morgan fingerprint density at radius 1 is 1.57 bits per heavy atom. The highest BCUT2D eigenvalue weighted by Crippen LogP contribution is 2.24. The molecule has 2 aromatic heterocycles. The largest absolute Gasteiger partial charge is 0.350 e. The Kier molecular flexibility index (Phi) is 4.07. The van der Waals surface area contributed by atoms with Crippen LogP contribution in [-0.2, 0) is 20.0 Å². The van der Waals surface area contributed by atoms with Crippen molar-refractivity contribution >= 4 is 17.2 Å². The van der Waals surface area contributed by atoms with Crippen LogP contribution in [0.25, 0.3) is 0 Å². The van der Waals surface area contributed by atoms with Gasteiger partial charge in [-0.2, -0.15) is 5.10 Å². The van der Waals surface area contributed by atoms with E-state index in [2.05, 4.69) is 33.7 Å². The molecule has 1 amide bonds. The van der Waals surface area contributed by atoms with Crippen molar-refractivity contribution in [1.29, 1.82) is 0 Å². The van der Waals surface area contributed by atoms with Gasteiger partial charge < -0.3 is 5.32 Å². The molecular weight excluding hydrogens is 284 g/mol. The molecule has 0 spiro atoms. The summed E-state index contributed by atoms with van der Waals surface area (Å²) in [6.07, 6.45) is 4.45. The molecule has 112 valence electrons. The molecule has 0 fully saturated rings. The van der Waals surface area contributed by atoms with Gasteiger partial charge >= 0.3 is 0 Å². The summed E-state index contributed by atoms with van der Waals surface area (Å²) in [6, 6.07) is 2.55. The predicted molar refractivity (Wildman–Crippen MR) is 83.4 cm³/mol. The quantitative estimate of drug-likeness (QED) is 0.934. The van der Waals surface area contributed by atoms with Crippen LogP contribution in [0.5, 0.6) is 0 Å².